The molecule has 0 atom stereocenters. The van der Waals surface area contributed by atoms with Crippen LogP contribution in [0.25, 0.3) is 16.8 Å². The summed E-state index contributed by atoms with van der Waals surface area (Å²) in [6, 6.07) is 10.9. The Hall–Kier alpha value is -3.72. The van der Waals surface area contributed by atoms with Crippen molar-refractivity contribution < 1.29 is 24.1 Å². The third kappa shape index (κ3) is 3.71. The highest BCUT2D eigenvalue weighted by Gasteiger charge is 2.31. The highest BCUT2D eigenvalue weighted by atomic mass is 32.1. The van der Waals surface area contributed by atoms with E-state index in [1.54, 1.807) is 45.5 Å². The molecule has 32 heavy (non-hydrogen) atoms. The van der Waals surface area contributed by atoms with E-state index in [9.17, 15) is 5.11 Å². The Bertz CT molecular complexity index is 1200. The van der Waals surface area contributed by atoms with Crippen LogP contribution in [-0.2, 0) is 0 Å². The number of methoxy groups -OCH3 is 4. The van der Waals surface area contributed by atoms with Gasteiger partial charge in [0.05, 0.1) is 46.3 Å². The smallest absolute Gasteiger partial charge is 0.162 e. The van der Waals surface area contributed by atoms with Crippen LogP contribution < -0.4 is 23.8 Å². The first kappa shape index (κ1) is 21.5. The fraction of sp³-hybridized carbons (Fsp3) is 0.217. The van der Waals surface area contributed by atoms with Crippen LogP contribution in [0.3, 0.4) is 0 Å². The Morgan fingerprint density at radius 3 is 2.19 bits per heavy atom. The van der Waals surface area contributed by atoms with Crippen LogP contribution in [0.15, 0.2) is 47.5 Å². The lowest BCUT2D eigenvalue weighted by Gasteiger charge is -2.20. The molecule has 2 heterocycles. The van der Waals surface area contributed by atoms with Gasteiger partial charge in [0.1, 0.15) is 16.6 Å². The summed E-state index contributed by atoms with van der Waals surface area (Å²) in [7, 11) is 6.30. The normalized spacial score (nSPS) is 13.5. The number of benzene rings is 2. The van der Waals surface area contributed by atoms with Crippen LogP contribution in [0.5, 0.6) is 23.0 Å². The Balaban J connectivity index is 1.62. The number of nitrogens with one attached hydrogen (secondary N) is 1. The van der Waals surface area contributed by atoms with Crippen molar-refractivity contribution in [1.82, 2.24) is 4.98 Å². The molecule has 2 N–H and O–H groups in total. The summed E-state index contributed by atoms with van der Waals surface area (Å²) in [5, 5.41) is 21.8. The van der Waals surface area contributed by atoms with Gasteiger partial charge in [-0.3, -0.25) is 5.41 Å². The molecular formula is C23H23N3O5S. The molecule has 0 saturated carbocycles. The number of nitrogens with zero attached hydrogens (tertiary/aromatic N) is 2. The number of amidine groups is 1. The van der Waals surface area contributed by atoms with Gasteiger partial charge < -0.3 is 29.0 Å². The molecule has 0 saturated heterocycles. The number of ether oxygens (including phenoxy) is 4. The van der Waals surface area contributed by atoms with E-state index < -0.39 is 0 Å². The lowest BCUT2D eigenvalue weighted by molar-refractivity contribution is 0.355. The topological polar surface area (TPSA) is 97.1 Å². The average Bonchev–Trinajstić information content (AvgIpc) is 3.41. The van der Waals surface area contributed by atoms with Gasteiger partial charge in [0.15, 0.2) is 23.0 Å². The average molecular weight is 454 g/mol. The predicted molar refractivity (Wildman–Crippen MR) is 125 cm³/mol. The fourth-order valence-electron chi connectivity index (χ4n) is 3.53. The Kier molecular flexibility index (Phi) is 5.91. The molecule has 1 aromatic heterocycles. The van der Waals surface area contributed by atoms with Gasteiger partial charge in [-0.2, -0.15) is 0 Å². The fourth-order valence-corrected chi connectivity index (χ4v) is 4.43. The minimum atomic E-state index is 0.0954. The molecule has 0 spiro atoms. The van der Waals surface area contributed by atoms with Crippen LogP contribution in [-0.4, -0.2) is 50.9 Å². The monoisotopic (exact) mass is 453 g/mol. The van der Waals surface area contributed by atoms with E-state index in [4.69, 9.17) is 24.4 Å². The molecule has 1 aliphatic heterocycles. The van der Waals surface area contributed by atoms with E-state index in [0.717, 1.165) is 11.3 Å². The molecule has 0 bridgehead atoms. The Labute approximate surface area is 189 Å². The first-order chi connectivity index (χ1) is 15.5. The highest BCUT2D eigenvalue weighted by molar-refractivity contribution is 7.11. The molecule has 2 aromatic carbocycles. The lowest BCUT2D eigenvalue weighted by Crippen LogP contribution is -2.26. The van der Waals surface area contributed by atoms with Crippen molar-refractivity contribution in [2.24, 2.45) is 0 Å². The van der Waals surface area contributed by atoms with E-state index in [-0.39, 0.29) is 18.1 Å². The summed E-state index contributed by atoms with van der Waals surface area (Å²) >= 11 is 1.37. The first-order valence-electron chi connectivity index (χ1n) is 9.69. The third-order valence-electron chi connectivity index (χ3n) is 5.18. The van der Waals surface area contributed by atoms with Crippen molar-refractivity contribution in [3.63, 3.8) is 0 Å². The molecule has 1 aliphatic rings. The number of aromatic nitrogens is 1. The van der Waals surface area contributed by atoms with Gasteiger partial charge in [-0.25, -0.2) is 4.98 Å². The van der Waals surface area contributed by atoms with Crippen LogP contribution >= 0.6 is 11.3 Å². The minimum absolute atomic E-state index is 0.0954. The third-order valence-corrected chi connectivity index (χ3v) is 6.04. The molecular weight excluding hydrogens is 430 g/mol. The zero-order valence-electron chi connectivity index (χ0n) is 18.1. The number of hydrogen-bond acceptors (Lipinski definition) is 8. The van der Waals surface area contributed by atoms with Crippen molar-refractivity contribution in [2.75, 3.05) is 39.9 Å². The molecule has 0 unspecified atom stereocenters. The van der Waals surface area contributed by atoms with E-state index in [0.29, 0.717) is 39.3 Å². The molecule has 3 aromatic rings. The number of hydrogen-bond donors (Lipinski definition) is 2. The van der Waals surface area contributed by atoms with E-state index >= 15 is 0 Å². The van der Waals surface area contributed by atoms with Crippen molar-refractivity contribution >= 4 is 28.4 Å². The van der Waals surface area contributed by atoms with Crippen LogP contribution in [0, 0.1) is 5.41 Å². The minimum Gasteiger partial charge on any atom is -0.510 e. The van der Waals surface area contributed by atoms with Gasteiger partial charge >= 0.3 is 0 Å². The largest absolute Gasteiger partial charge is 0.510 e. The first-order valence-corrected chi connectivity index (χ1v) is 10.6. The number of aliphatic hydroxyl groups is 1. The quantitative estimate of drug-likeness (QED) is 0.539. The second-order valence-electron chi connectivity index (χ2n) is 6.90. The van der Waals surface area contributed by atoms with Crippen molar-refractivity contribution in [3.8, 4) is 34.3 Å². The van der Waals surface area contributed by atoms with E-state index in [1.807, 2.05) is 29.6 Å². The summed E-state index contributed by atoms with van der Waals surface area (Å²) in [4.78, 5) is 6.37. The number of thiazole rings is 1. The number of aliphatic hydroxyl groups excluding tert-OH is 1. The molecule has 166 valence electrons. The maximum absolute atomic E-state index is 10.7. The van der Waals surface area contributed by atoms with Gasteiger partial charge in [-0.15, -0.1) is 11.3 Å². The van der Waals surface area contributed by atoms with Crippen molar-refractivity contribution in [1.29, 1.82) is 5.41 Å². The summed E-state index contributed by atoms with van der Waals surface area (Å²) in [5.74, 6) is 2.65. The second kappa shape index (κ2) is 8.80. The van der Waals surface area contributed by atoms with Gasteiger partial charge in [0.25, 0.3) is 0 Å². The molecule has 0 aliphatic carbocycles. The SMILES string of the molecule is COc1ccc(-c2csc(C3=C(O)CN(c4ccc(OC)c(OC)c4)C3=N)n2)cc1OC. The van der Waals surface area contributed by atoms with Crippen LogP contribution in [0.4, 0.5) is 5.69 Å². The Morgan fingerprint density at radius 2 is 1.53 bits per heavy atom. The summed E-state index contributed by atoms with van der Waals surface area (Å²) in [5.41, 5.74) is 2.71. The lowest BCUT2D eigenvalue weighted by atomic mass is 10.1. The van der Waals surface area contributed by atoms with Crippen LogP contribution in [0.2, 0.25) is 0 Å². The van der Waals surface area contributed by atoms with Gasteiger partial charge in [-0.05, 0) is 30.3 Å². The zero-order valence-corrected chi connectivity index (χ0v) is 18.9. The van der Waals surface area contributed by atoms with Gasteiger partial charge in [-0.1, -0.05) is 0 Å². The predicted octanol–water partition coefficient (Wildman–Crippen LogP) is 4.61. The second-order valence-corrected chi connectivity index (χ2v) is 7.76. The van der Waals surface area contributed by atoms with Gasteiger partial charge in [0.2, 0.25) is 0 Å². The molecule has 8 nitrogen and oxygen atoms in total. The number of rotatable bonds is 7. The number of anilines is 1. The summed E-state index contributed by atoms with van der Waals surface area (Å²) < 4.78 is 21.3. The van der Waals surface area contributed by atoms with E-state index in [2.05, 4.69) is 4.98 Å². The van der Waals surface area contributed by atoms with Crippen molar-refractivity contribution in [3.05, 3.63) is 52.5 Å². The maximum atomic E-state index is 10.7. The summed E-state index contributed by atoms with van der Waals surface area (Å²) in [6.07, 6.45) is 0. The molecule has 0 fully saturated rings. The van der Waals surface area contributed by atoms with Crippen molar-refractivity contribution in [2.45, 2.75) is 0 Å². The zero-order chi connectivity index (χ0) is 22.8. The molecule has 0 amide bonds. The maximum Gasteiger partial charge on any atom is 0.162 e. The molecule has 4 rings (SSSR count). The molecule has 0 radical (unpaired) electrons. The van der Waals surface area contributed by atoms with Crippen LogP contribution in [0.1, 0.15) is 5.01 Å². The van der Waals surface area contributed by atoms with Gasteiger partial charge in [0, 0.05) is 22.7 Å². The van der Waals surface area contributed by atoms with E-state index in [1.165, 1.54) is 11.3 Å². The Morgan fingerprint density at radius 1 is 0.906 bits per heavy atom. The highest BCUT2D eigenvalue weighted by Crippen LogP contribution is 2.38. The molecule has 9 heteroatoms. The standard InChI is InChI=1S/C23H23N3O5S/c1-28-17-7-5-13(9-19(17)30-3)15-12-32-23(25-15)21-16(27)11-26(22(21)24)14-6-8-18(29-2)20(10-14)31-4/h5-10,12,24,27H,11H2,1-4H3. The summed E-state index contributed by atoms with van der Waals surface area (Å²) in [6.45, 7) is 0.176.